The molecule has 0 aliphatic heterocycles. The van der Waals surface area contributed by atoms with E-state index >= 15 is 0 Å². The Morgan fingerprint density at radius 2 is 1.95 bits per heavy atom. The van der Waals surface area contributed by atoms with Crippen LogP contribution in [-0.4, -0.2) is 33.5 Å². The van der Waals surface area contributed by atoms with Crippen molar-refractivity contribution in [3.63, 3.8) is 0 Å². The Bertz CT molecular complexity index is 502. The first kappa shape index (κ1) is 15.6. The molecule has 0 aliphatic rings. The first-order valence-electron chi connectivity index (χ1n) is 6.00. The summed E-state index contributed by atoms with van der Waals surface area (Å²) in [6, 6.07) is 7.91. The Morgan fingerprint density at radius 1 is 1.32 bits per heavy atom. The van der Waals surface area contributed by atoms with E-state index < -0.39 is 10.0 Å². The van der Waals surface area contributed by atoms with E-state index in [1.165, 1.54) is 12.1 Å². The number of benzene rings is 1. The second-order valence-electron chi connectivity index (χ2n) is 4.17. The van der Waals surface area contributed by atoms with E-state index in [1.807, 2.05) is 0 Å². The van der Waals surface area contributed by atoms with E-state index in [2.05, 4.69) is 10.0 Å². The van der Waals surface area contributed by atoms with Crippen molar-refractivity contribution >= 4 is 15.9 Å². The van der Waals surface area contributed by atoms with E-state index in [9.17, 15) is 13.2 Å². The van der Waals surface area contributed by atoms with E-state index in [0.29, 0.717) is 6.54 Å². The van der Waals surface area contributed by atoms with Crippen LogP contribution < -0.4 is 15.8 Å². The van der Waals surface area contributed by atoms with Crippen LogP contribution in [0, 0.1) is 0 Å². The van der Waals surface area contributed by atoms with Crippen LogP contribution in [0.15, 0.2) is 35.2 Å². The van der Waals surface area contributed by atoms with Crippen molar-refractivity contribution in [1.82, 2.24) is 10.0 Å². The van der Waals surface area contributed by atoms with Crippen LogP contribution in [0.4, 0.5) is 0 Å². The van der Waals surface area contributed by atoms with Crippen LogP contribution in [-0.2, 0) is 14.8 Å². The normalized spacial score (nSPS) is 12.9. The highest BCUT2D eigenvalue weighted by atomic mass is 32.2. The largest absolute Gasteiger partial charge is 0.352 e. The van der Waals surface area contributed by atoms with Crippen molar-refractivity contribution < 1.29 is 13.2 Å². The molecule has 0 heterocycles. The number of carbonyl (C=O) groups excluding carboxylic acids is 1. The summed E-state index contributed by atoms with van der Waals surface area (Å²) in [7, 11) is -3.54. The summed E-state index contributed by atoms with van der Waals surface area (Å²) < 4.78 is 26.0. The minimum atomic E-state index is -3.54. The van der Waals surface area contributed by atoms with Crippen LogP contribution in [0.3, 0.4) is 0 Å². The zero-order valence-corrected chi connectivity index (χ0v) is 11.6. The van der Waals surface area contributed by atoms with E-state index in [4.69, 9.17) is 5.73 Å². The molecule has 0 saturated heterocycles. The average Bonchev–Trinajstić information content (AvgIpc) is 2.39. The lowest BCUT2D eigenvalue weighted by Gasteiger charge is -2.11. The molecule has 7 heteroatoms. The van der Waals surface area contributed by atoms with Crippen LogP contribution in [0.2, 0.25) is 0 Å². The smallest absolute Gasteiger partial charge is 0.240 e. The van der Waals surface area contributed by atoms with Gasteiger partial charge in [0.15, 0.2) is 0 Å². The van der Waals surface area contributed by atoms with Crippen molar-refractivity contribution in [2.75, 3.05) is 13.1 Å². The number of sulfonamides is 1. The summed E-state index contributed by atoms with van der Waals surface area (Å²) in [5.74, 6) is -0.228. The molecule has 0 aliphatic carbocycles. The number of hydrogen-bond acceptors (Lipinski definition) is 4. The molecule has 0 unspecified atom stereocenters. The summed E-state index contributed by atoms with van der Waals surface area (Å²) in [5, 5.41) is 2.66. The fourth-order valence-corrected chi connectivity index (χ4v) is 2.44. The van der Waals surface area contributed by atoms with Crippen LogP contribution >= 0.6 is 0 Å². The van der Waals surface area contributed by atoms with Crippen LogP contribution in [0.5, 0.6) is 0 Å². The molecule has 4 N–H and O–H groups in total. The highest BCUT2D eigenvalue weighted by molar-refractivity contribution is 7.89. The van der Waals surface area contributed by atoms with Gasteiger partial charge >= 0.3 is 0 Å². The van der Waals surface area contributed by atoms with Gasteiger partial charge in [0.2, 0.25) is 15.9 Å². The lowest BCUT2D eigenvalue weighted by atomic mass is 10.3. The van der Waals surface area contributed by atoms with E-state index in [0.717, 1.165) is 0 Å². The zero-order valence-electron chi connectivity index (χ0n) is 10.8. The third-order valence-corrected chi connectivity index (χ3v) is 3.94. The second kappa shape index (κ2) is 7.22. The summed E-state index contributed by atoms with van der Waals surface area (Å²) >= 11 is 0. The molecule has 0 saturated carbocycles. The number of rotatable bonds is 7. The van der Waals surface area contributed by atoms with Gasteiger partial charge in [0.25, 0.3) is 0 Å². The Kier molecular flexibility index (Phi) is 5.94. The minimum Gasteiger partial charge on any atom is -0.352 e. The van der Waals surface area contributed by atoms with Crippen molar-refractivity contribution in [2.45, 2.75) is 24.3 Å². The van der Waals surface area contributed by atoms with Gasteiger partial charge in [-0.3, -0.25) is 4.79 Å². The van der Waals surface area contributed by atoms with Crippen molar-refractivity contribution in [1.29, 1.82) is 0 Å². The number of hydrogen-bond donors (Lipinski definition) is 3. The number of carbonyl (C=O) groups is 1. The first-order chi connectivity index (χ1) is 8.95. The summed E-state index contributed by atoms with van der Waals surface area (Å²) in [5.41, 5.74) is 5.37. The third kappa shape index (κ3) is 5.37. The molecule has 0 fully saturated rings. The molecule has 1 amide bonds. The lowest BCUT2D eigenvalue weighted by Crippen LogP contribution is -2.39. The maximum atomic E-state index is 11.8. The van der Waals surface area contributed by atoms with E-state index in [-0.39, 0.29) is 29.8 Å². The highest BCUT2D eigenvalue weighted by Gasteiger charge is 2.13. The highest BCUT2D eigenvalue weighted by Crippen LogP contribution is 2.06. The summed E-state index contributed by atoms with van der Waals surface area (Å²) in [6.45, 7) is 2.19. The van der Waals surface area contributed by atoms with Gasteiger partial charge in [0.05, 0.1) is 4.90 Å². The van der Waals surface area contributed by atoms with Gasteiger partial charge in [-0.05, 0) is 19.1 Å². The number of nitrogens with two attached hydrogens (primary N) is 1. The van der Waals surface area contributed by atoms with E-state index in [1.54, 1.807) is 25.1 Å². The molecule has 106 valence electrons. The molecular formula is C12H19N3O3S. The molecule has 0 aromatic heterocycles. The topological polar surface area (TPSA) is 101 Å². The summed E-state index contributed by atoms with van der Waals surface area (Å²) in [6.07, 6.45) is 0.0798. The van der Waals surface area contributed by atoms with Gasteiger partial charge in [0.1, 0.15) is 0 Å². The van der Waals surface area contributed by atoms with Gasteiger partial charge in [-0.1, -0.05) is 18.2 Å². The molecular weight excluding hydrogens is 266 g/mol. The van der Waals surface area contributed by atoms with Gasteiger partial charge in [0, 0.05) is 25.6 Å². The lowest BCUT2D eigenvalue weighted by molar-refractivity contribution is -0.121. The van der Waals surface area contributed by atoms with Crippen LogP contribution in [0.1, 0.15) is 13.3 Å². The Labute approximate surface area is 113 Å². The first-order valence-corrected chi connectivity index (χ1v) is 7.48. The molecule has 1 rings (SSSR count). The molecule has 1 aromatic carbocycles. The Morgan fingerprint density at radius 3 is 2.53 bits per heavy atom. The molecule has 0 bridgehead atoms. The number of nitrogens with one attached hydrogen (secondary N) is 2. The standard InChI is InChI=1S/C12H19N3O3S/c1-10(9-13)15-12(16)7-8-14-19(17,18)11-5-3-2-4-6-11/h2-6,10,14H,7-9,13H2,1H3,(H,15,16)/t10-/m0/s1. The quantitative estimate of drug-likeness (QED) is 0.646. The SMILES string of the molecule is C[C@@H](CN)NC(=O)CCNS(=O)(=O)c1ccccc1. The van der Waals surface area contributed by atoms with Crippen molar-refractivity contribution in [3.8, 4) is 0 Å². The molecule has 0 spiro atoms. The molecule has 1 aromatic rings. The van der Waals surface area contributed by atoms with Gasteiger partial charge in [-0.15, -0.1) is 0 Å². The van der Waals surface area contributed by atoms with Crippen molar-refractivity contribution in [2.24, 2.45) is 5.73 Å². The molecule has 6 nitrogen and oxygen atoms in total. The van der Waals surface area contributed by atoms with Gasteiger partial charge < -0.3 is 11.1 Å². The Hall–Kier alpha value is -1.44. The monoisotopic (exact) mass is 285 g/mol. The van der Waals surface area contributed by atoms with Crippen molar-refractivity contribution in [3.05, 3.63) is 30.3 Å². The minimum absolute atomic E-state index is 0.0559. The predicted octanol–water partition coefficient (Wildman–Crippen LogP) is -0.182. The Balaban J connectivity index is 2.43. The predicted molar refractivity (Wildman–Crippen MR) is 72.9 cm³/mol. The molecule has 0 radical (unpaired) electrons. The molecule has 1 atom stereocenters. The fraction of sp³-hybridized carbons (Fsp3) is 0.417. The second-order valence-corrected chi connectivity index (χ2v) is 5.93. The number of amides is 1. The third-order valence-electron chi connectivity index (χ3n) is 2.46. The molecule has 19 heavy (non-hydrogen) atoms. The van der Waals surface area contributed by atoms with Crippen LogP contribution in [0.25, 0.3) is 0 Å². The fourth-order valence-electron chi connectivity index (χ4n) is 1.39. The maximum absolute atomic E-state index is 11.8. The maximum Gasteiger partial charge on any atom is 0.240 e. The van der Waals surface area contributed by atoms with Gasteiger partial charge in [-0.25, -0.2) is 13.1 Å². The van der Waals surface area contributed by atoms with Gasteiger partial charge in [-0.2, -0.15) is 0 Å². The average molecular weight is 285 g/mol. The summed E-state index contributed by atoms with van der Waals surface area (Å²) in [4.78, 5) is 11.6. The zero-order chi connectivity index (χ0) is 14.3.